The van der Waals surface area contributed by atoms with Gasteiger partial charge in [-0.25, -0.2) is 5.43 Å². The van der Waals surface area contributed by atoms with Crippen molar-refractivity contribution >= 4 is 23.7 Å². The molecule has 2 amide bonds. The molecule has 140 valence electrons. The van der Waals surface area contributed by atoms with Crippen LogP contribution >= 0.6 is 0 Å². The second-order valence-electron chi connectivity index (χ2n) is 5.28. The number of nitrogens with zero attached hydrogens (tertiary/aromatic N) is 2. The van der Waals surface area contributed by atoms with Crippen molar-refractivity contribution in [2.24, 2.45) is 5.10 Å². The van der Waals surface area contributed by atoms with E-state index in [-0.39, 0.29) is 17.8 Å². The second kappa shape index (κ2) is 9.66. The van der Waals surface area contributed by atoms with Gasteiger partial charge in [-0.15, -0.1) is 0 Å². The van der Waals surface area contributed by atoms with E-state index < -0.39 is 16.7 Å². The normalized spacial score (nSPS) is 10.4. The number of hydrogen-bond acceptors (Lipinski definition) is 6. The summed E-state index contributed by atoms with van der Waals surface area (Å²) in [6.45, 7) is 2.19. The van der Waals surface area contributed by atoms with E-state index in [0.29, 0.717) is 6.61 Å². The summed E-state index contributed by atoms with van der Waals surface area (Å²) >= 11 is 0. The van der Waals surface area contributed by atoms with Crippen molar-refractivity contribution in [3.8, 4) is 5.75 Å². The average molecular weight is 370 g/mol. The summed E-state index contributed by atoms with van der Waals surface area (Å²) in [5.74, 6) is -0.282. The lowest BCUT2D eigenvalue weighted by Crippen LogP contribution is -2.34. The first kappa shape index (κ1) is 19.6. The molecule has 0 aromatic heterocycles. The first-order valence-electron chi connectivity index (χ1n) is 8.07. The molecule has 2 N–H and O–H groups in total. The van der Waals surface area contributed by atoms with Crippen LogP contribution in [0.2, 0.25) is 0 Å². The summed E-state index contributed by atoms with van der Waals surface area (Å²) in [7, 11) is 0. The second-order valence-corrected chi connectivity index (χ2v) is 5.28. The Balaban J connectivity index is 1.78. The molecule has 9 nitrogen and oxygen atoms in total. The summed E-state index contributed by atoms with van der Waals surface area (Å²) in [5.41, 5.74) is 3.17. The van der Waals surface area contributed by atoms with Gasteiger partial charge in [-0.1, -0.05) is 0 Å². The summed E-state index contributed by atoms with van der Waals surface area (Å²) in [6, 6.07) is 12.2. The van der Waals surface area contributed by atoms with E-state index in [0.717, 1.165) is 11.3 Å². The smallest absolute Gasteiger partial charge is 0.269 e. The number of nitro groups is 1. The van der Waals surface area contributed by atoms with E-state index in [4.69, 9.17) is 4.74 Å². The molecule has 0 fully saturated rings. The van der Waals surface area contributed by atoms with Crippen molar-refractivity contribution in [2.45, 2.75) is 6.92 Å². The Morgan fingerprint density at radius 2 is 1.81 bits per heavy atom. The van der Waals surface area contributed by atoms with Crippen LogP contribution in [0.5, 0.6) is 5.75 Å². The Morgan fingerprint density at radius 3 is 2.41 bits per heavy atom. The van der Waals surface area contributed by atoms with Crippen LogP contribution in [-0.2, 0) is 4.79 Å². The molecule has 2 aromatic rings. The van der Waals surface area contributed by atoms with Gasteiger partial charge in [0.2, 0.25) is 0 Å². The number of hydrazone groups is 1. The minimum Gasteiger partial charge on any atom is -0.494 e. The van der Waals surface area contributed by atoms with Crippen LogP contribution in [0, 0.1) is 10.1 Å². The van der Waals surface area contributed by atoms with Gasteiger partial charge in [0.15, 0.2) is 0 Å². The third kappa shape index (κ3) is 6.24. The van der Waals surface area contributed by atoms with Gasteiger partial charge in [-0.3, -0.25) is 19.7 Å². The number of carbonyl (C=O) groups is 2. The van der Waals surface area contributed by atoms with E-state index in [1.807, 2.05) is 6.92 Å². The predicted octanol–water partition coefficient (Wildman–Crippen LogP) is 1.87. The van der Waals surface area contributed by atoms with Crippen molar-refractivity contribution < 1.29 is 19.2 Å². The highest BCUT2D eigenvalue weighted by Gasteiger charge is 2.10. The third-order valence-corrected chi connectivity index (χ3v) is 3.34. The van der Waals surface area contributed by atoms with Gasteiger partial charge in [0.25, 0.3) is 17.5 Å². The van der Waals surface area contributed by atoms with Crippen LogP contribution < -0.4 is 15.5 Å². The van der Waals surface area contributed by atoms with Crippen LogP contribution in [-0.4, -0.2) is 36.1 Å². The van der Waals surface area contributed by atoms with Crippen molar-refractivity contribution in [1.29, 1.82) is 0 Å². The molecule has 0 aliphatic rings. The zero-order chi connectivity index (χ0) is 19.6. The lowest BCUT2D eigenvalue weighted by Gasteiger charge is -2.04. The quantitative estimate of drug-likeness (QED) is 0.417. The molecular weight excluding hydrogens is 352 g/mol. The molecule has 0 bridgehead atoms. The number of hydrogen-bond donors (Lipinski definition) is 2. The summed E-state index contributed by atoms with van der Waals surface area (Å²) < 4.78 is 5.32. The number of rotatable bonds is 8. The lowest BCUT2D eigenvalue weighted by atomic mass is 10.2. The molecule has 27 heavy (non-hydrogen) atoms. The van der Waals surface area contributed by atoms with Crippen molar-refractivity contribution in [1.82, 2.24) is 10.7 Å². The third-order valence-electron chi connectivity index (χ3n) is 3.34. The molecule has 0 saturated carbocycles. The summed E-state index contributed by atoms with van der Waals surface area (Å²) in [4.78, 5) is 33.6. The first-order valence-corrected chi connectivity index (χ1v) is 8.07. The topological polar surface area (TPSA) is 123 Å². The Bertz CT molecular complexity index is 832. The number of nitrogens with one attached hydrogen (secondary N) is 2. The van der Waals surface area contributed by atoms with Gasteiger partial charge in [-0.05, 0) is 48.9 Å². The monoisotopic (exact) mass is 370 g/mol. The standard InChI is InChI=1S/C18H18N4O5/c1-2-27-16-9-3-13(4-10-16)11-20-21-17(23)12-19-18(24)14-5-7-15(8-6-14)22(25)26/h3-11H,2,12H2,1H3,(H,19,24)(H,21,23)/b20-11+. The molecule has 0 radical (unpaired) electrons. The van der Waals surface area contributed by atoms with E-state index in [2.05, 4.69) is 15.8 Å². The highest BCUT2D eigenvalue weighted by molar-refractivity contribution is 5.96. The van der Waals surface area contributed by atoms with Gasteiger partial charge < -0.3 is 10.1 Å². The average Bonchev–Trinajstić information content (AvgIpc) is 2.68. The first-order chi connectivity index (χ1) is 13.0. The lowest BCUT2D eigenvalue weighted by molar-refractivity contribution is -0.384. The van der Waals surface area contributed by atoms with Gasteiger partial charge in [0.05, 0.1) is 24.3 Å². The molecule has 2 rings (SSSR count). The molecule has 0 heterocycles. The van der Waals surface area contributed by atoms with Crippen molar-refractivity contribution in [2.75, 3.05) is 13.2 Å². The number of nitro benzene ring substituents is 1. The Labute approximate surface area is 155 Å². The highest BCUT2D eigenvalue weighted by atomic mass is 16.6. The van der Waals surface area contributed by atoms with Crippen molar-refractivity contribution in [3.63, 3.8) is 0 Å². The molecule has 0 aliphatic carbocycles. The molecule has 0 unspecified atom stereocenters. The number of ether oxygens (including phenoxy) is 1. The zero-order valence-electron chi connectivity index (χ0n) is 14.5. The van der Waals surface area contributed by atoms with Gasteiger partial charge in [-0.2, -0.15) is 5.10 Å². The zero-order valence-corrected chi connectivity index (χ0v) is 14.5. The highest BCUT2D eigenvalue weighted by Crippen LogP contribution is 2.12. The van der Waals surface area contributed by atoms with Crippen LogP contribution in [0.1, 0.15) is 22.8 Å². The number of carbonyl (C=O) groups excluding carboxylic acids is 2. The fourth-order valence-electron chi connectivity index (χ4n) is 2.03. The van der Waals surface area contributed by atoms with Gasteiger partial charge in [0, 0.05) is 17.7 Å². The maximum atomic E-state index is 11.9. The maximum absolute atomic E-state index is 11.9. The van der Waals surface area contributed by atoms with E-state index in [1.165, 1.54) is 30.5 Å². The summed E-state index contributed by atoms with van der Waals surface area (Å²) in [5, 5.41) is 16.8. The van der Waals surface area contributed by atoms with Gasteiger partial charge in [0.1, 0.15) is 5.75 Å². The predicted molar refractivity (Wildman–Crippen MR) is 98.8 cm³/mol. The van der Waals surface area contributed by atoms with Gasteiger partial charge >= 0.3 is 0 Å². The Morgan fingerprint density at radius 1 is 1.15 bits per heavy atom. The summed E-state index contributed by atoms with van der Waals surface area (Å²) in [6.07, 6.45) is 1.46. The fourth-order valence-corrected chi connectivity index (χ4v) is 2.03. The van der Waals surface area contributed by atoms with Crippen molar-refractivity contribution in [3.05, 3.63) is 69.8 Å². The SMILES string of the molecule is CCOc1ccc(/C=N/NC(=O)CNC(=O)c2ccc([N+](=O)[O-])cc2)cc1. The van der Waals surface area contributed by atoms with E-state index >= 15 is 0 Å². The molecule has 0 saturated heterocycles. The number of benzene rings is 2. The number of amides is 2. The largest absolute Gasteiger partial charge is 0.494 e. The number of non-ortho nitro benzene ring substituents is 1. The van der Waals surface area contributed by atoms with E-state index in [9.17, 15) is 19.7 Å². The maximum Gasteiger partial charge on any atom is 0.269 e. The molecule has 9 heteroatoms. The Hall–Kier alpha value is -3.75. The molecule has 2 aromatic carbocycles. The fraction of sp³-hybridized carbons (Fsp3) is 0.167. The minimum atomic E-state index is -0.558. The van der Waals surface area contributed by atoms with Crippen LogP contribution in [0.4, 0.5) is 5.69 Å². The molecule has 0 aliphatic heterocycles. The van der Waals surface area contributed by atoms with Crippen LogP contribution in [0.25, 0.3) is 0 Å². The van der Waals surface area contributed by atoms with E-state index in [1.54, 1.807) is 24.3 Å². The molecular formula is C18H18N4O5. The van der Waals surface area contributed by atoms with Crippen LogP contribution in [0.15, 0.2) is 53.6 Å². The van der Waals surface area contributed by atoms with Crippen LogP contribution in [0.3, 0.4) is 0 Å². The Kier molecular flexibility index (Phi) is 7.00. The minimum absolute atomic E-state index is 0.118. The molecule has 0 spiro atoms. The molecule has 0 atom stereocenters.